The van der Waals surface area contributed by atoms with Crippen LogP contribution >= 0.6 is 0 Å². The highest BCUT2D eigenvalue weighted by Crippen LogP contribution is 2.23. The number of benzene rings is 1. The van der Waals surface area contributed by atoms with Gasteiger partial charge < -0.3 is 4.90 Å². The maximum Gasteiger partial charge on any atom is 0.230 e. The Morgan fingerprint density at radius 1 is 1.29 bits per heavy atom. The van der Waals surface area contributed by atoms with Crippen LogP contribution in [0.4, 0.5) is 0 Å². The standard InChI is InChI=1S/C15H21NO/c1-12-8-6-7-11-16(12)15(17)13(2)14-9-4-3-5-10-14/h3-5,9-10,12-13H,6-8,11H2,1-2H3/t12-,13+/m0/s1. The van der Waals surface area contributed by atoms with E-state index in [1.807, 2.05) is 37.3 Å². The molecule has 0 N–H and O–H groups in total. The van der Waals surface area contributed by atoms with Gasteiger partial charge in [0.25, 0.3) is 0 Å². The summed E-state index contributed by atoms with van der Waals surface area (Å²) < 4.78 is 0. The van der Waals surface area contributed by atoms with E-state index in [4.69, 9.17) is 0 Å². The molecule has 2 heteroatoms. The van der Waals surface area contributed by atoms with E-state index in [0.717, 1.165) is 24.9 Å². The SMILES string of the molecule is C[C@@H](C(=O)N1CCCC[C@@H]1C)c1ccccc1. The van der Waals surface area contributed by atoms with Crippen molar-refractivity contribution in [3.8, 4) is 0 Å². The Morgan fingerprint density at radius 2 is 2.00 bits per heavy atom. The van der Waals surface area contributed by atoms with Crippen LogP contribution in [-0.4, -0.2) is 23.4 Å². The van der Waals surface area contributed by atoms with E-state index >= 15 is 0 Å². The van der Waals surface area contributed by atoms with Crippen LogP contribution in [-0.2, 0) is 4.79 Å². The summed E-state index contributed by atoms with van der Waals surface area (Å²) in [7, 11) is 0. The molecule has 0 spiro atoms. The zero-order valence-electron chi connectivity index (χ0n) is 10.7. The van der Waals surface area contributed by atoms with Crippen LogP contribution < -0.4 is 0 Å². The van der Waals surface area contributed by atoms with Gasteiger partial charge in [0.2, 0.25) is 5.91 Å². The lowest BCUT2D eigenvalue weighted by molar-refractivity contribution is -0.135. The first-order chi connectivity index (χ1) is 8.20. The van der Waals surface area contributed by atoms with Gasteiger partial charge in [0.1, 0.15) is 0 Å². The van der Waals surface area contributed by atoms with E-state index < -0.39 is 0 Å². The van der Waals surface area contributed by atoms with E-state index in [1.165, 1.54) is 6.42 Å². The molecule has 1 aromatic rings. The number of nitrogens with zero attached hydrogens (tertiary/aromatic N) is 1. The average molecular weight is 231 g/mol. The zero-order valence-corrected chi connectivity index (χ0v) is 10.7. The first-order valence-electron chi connectivity index (χ1n) is 6.55. The monoisotopic (exact) mass is 231 g/mol. The van der Waals surface area contributed by atoms with E-state index in [0.29, 0.717) is 6.04 Å². The predicted octanol–water partition coefficient (Wildman–Crippen LogP) is 3.19. The maximum atomic E-state index is 12.4. The number of carbonyl (C=O) groups is 1. The molecule has 0 aromatic heterocycles. The van der Waals surface area contributed by atoms with Gasteiger partial charge in [0.15, 0.2) is 0 Å². The summed E-state index contributed by atoms with van der Waals surface area (Å²) in [6, 6.07) is 10.5. The van der Waals surface area contributed by atoms with E-state index in [-0.39, 0.29) is 11.8 Å². The number of carbonyl (C=O) groups excluding carboxylic acids is 1. The lowest BCUT2D eigenvalue weighted by Gasteiger charge is -2.35. The summed E-state index contributed by atoms with van der Waals surface area (Å²) in [5.41, 5.74) is 1.12. The molecule has 1 aromatic carbocycles. The van der Waals surface area contributed by atoms with E-state index in [2.05, 4.69) is 11.8 Å². The highest BCUT2D eigenvalue weighted by molar-refractivity contribution is 5.83. The molecule has 0 radical (unpaired) electrons. The van der Waals surface area contributed by atoms with Crippen molar-refractivity contribution in [1.29, 1.82) is 0 Å². The molecule has 2 nitrogen and oxygen atoms in total. The minimum atomic E-state index is -0.0169. The average Bonchev–Trinajstić information content (AvgIpc) is 2.39. The van der Waals surface area contributed by atoms with Crippen LogP contribution in [0.5, 0.6) is 0 Å². The molecule has 2 rings (SSSR count). The summed E-state index contributed by atoms with van der Waals surface area (Å²) in [5.74, 6) is 0.264. The zero-order chi connectivity index (χ0) is 12.3. The first-order valence-corrected chi connectivity index (χ1v) is 6.55. The van der Waals surface area contributed by atoms with Crippen LogP contribution in [0.2, 0.25) is 0 Å². The fourth-order valence-electron chi connectivity index (χ4n) is 2.56. The normalized spacial score (nSPS) is 22.2. The van der Waals surface area contributed by atoms with Crippen molar-refractivity contribution in [3.05, 3.63) is 35.9 Å². The molecular weight excluding hydrogens is 210 g/mol. The summed E-state index contributed by atoms with van der Waals surface area (Å²) in [6.45, 7) is 5.10. The van der Waals surface area contributed by atoms with Gasteiger partial charge >= 0.3 is 0 Å². The van der Waals surface area contributed by atoms with Crippen molar-refractivity contribution in [1.82, 2.24) is 4.90 Å². The van der Waals surface area contributed by atoms with Crippen molar-refractivity contribution >= 4 is 5.91 Å². The van der Waals surface area contributed by atoms with Gasteiger partial charge in [-0.3, -0.25) is 4.79 Å². The Kier molecular flexibility index (Phi) is 3.82. The molecule has 1 saturated heterocycles. The minimum Gasteiger partial charge on any atom is -0.339 e. The van der Waals surface area contributed by atoms with Crippen LogP contribution in [0.1, 0.15) is 44.6 Å². The quantitative estimate of drug-likeness (QED) is 0.765. The molecule has 0 aliphatic carbocycles. The molecule has 1 aliphatic heterocycles. The molecule has 0 saturated carbocycles. The Morgan fingerprint density at radius 3 is 2.65 bits per heavy atom. The van der Waals surface area contributed by atoms with Crippen molar-refractivity contribution in [2.45, 2.75) is 45.1 Å². The lowest BCUT2D eigenvalue weighted by atomic mass is 9.96. The third-order valence-corrected chi connectivity index (χ3v) is 3.76. The van der Waals surface area contributed by atoms with Gasteiger partial charge in [-0.25, -0.2) is 0 Å². The topological polar surface area (TPSA) is 20.3 Å². The molecular formula is C15H21NO. The summed E-state index contributed by atoms with van der Waals surface area (Å²) in [5, 5.41) is 0. The second-order valence-corrected chi connectivity index (χ2v) is 5.01. The summed E-state index contributed by atoms with van der Waals surface area (Å²) in [4.78, 5) is 14.5. The summed E-state index contributed by atoms with van der Waals surface area (Å²) >= 11 is 0. The smallest absolute Gasteiger partial charge is 0.230 e. The van der Waals surface area contributed by atoms with Gasteiger partial charge in [-0.1, -0.05) is 30.3 Å². The maximum absolute atomic E-state index is 12.4. The second kappa shape index (κ2) is 5.35. The van der Waals surface area contributed by atoms with E-state index in [9.17, 15) is 4.79 Å². The van der Waals surface area contributed by atoms with Crippen LogP contribution in [0, 0.1) is 0 Å². The molecule has 0 unspecified atom stereocenters. The van der Waals surface area contributed by atoms with Gasteiger partial charge in [-0.05, 0) is 38.7 Å². The lowest BCUT2D eigenvalue weighted by Crippen LogP contribution is -2.43. The van der Waals surface area contributed by atoms with Crippen LogP contribution in [0.15, 0.2) is 30.3 Å². The number of likely N-dealkylation sites (tertiary alicyclic amines) is 1. The Balaban J connectivity index is 2.09. The van der Waals surface area contributed by atoms with Gasteiger partial charge in [-0.15, -0.1) is 0 Å². The number of amides is 1. The number of hydrogen-bond acceptors (Lipinski definition) is 1. The molecule has 1 aliphatic rings. The molecule has 17 heavy (non-hydrogen) atoms. The van der Waals surface area contributed by atoms with Crippen molar-refractivity contribution in [2.75, 3.05) is 6.54 Å². The first kappa shape index (κ1) is 12.2. The van der Waals surface area contributed by atoms with Gasteiger partial charge in [0.05, 0.1) is 5.92 Å². The largest absolute Gasteiger partial charge is 0.339 e. The van der Waals surface area contributed by atoms with Crippen LogP contribution in [0.3, 0.4) is 0 Å². The van der Waals surface area contributed by atoms with Gasteiger partial charge in [0, 0.05) is 12.6 Å². The van der Waals surface area contributed by atoms with Crippen molar-refractivity contribution in [3.63, 3.8) is 0 Å². The Bertz CT molecular complexity index is 374. The van der Waals surface area contributed by atoms with Crippen LogP contribution in [0.25, 0.3) is 0 Å². The second-order valence-electron chi connectivity index (χ2n) is 5.01. The molecule has 1 amide bonds. The Hall–Kier alpha value is -1.31. The fourth-order valence-corrected chi connectivity index (χ4v) is 2.56. The Labute approximate surface area is 104 Å². The minimum absolute atomic E-state index is 0.0169. The van der Waals surface area contributed by atoms with Crippen molar-refractivity contribution < 1.29 is 4.79 Å². The molecule has 0 bridgehead atoms. The molecule has 1 fully saturated rings. The molecule has 2 atom stereocenters. The number of hydrogen-bond donors (Lipinski definition) is 0. The highest BCUT2D eigenvalue weighted by Gasteiger charge is 2.27. The van der Waals surface area contributed by atoms with Crippen molar-refractivity contribution in [2.24, 2.45) is 0 Å². The third kappa shape index (κ3) is 2.68. The third-order valence-electron chi connectivity index (χ3n) is 3.76. The predicted molar refractivity (Wildman–Crippen MR) is 69.9 cm³/mol. The number of piperidine rings is 1. The van der Waals surface area contributed by atoms with Gasteiger partial charge in [-0.2, -0.15) is 0 Å². The number of rotatable bonds is 2. The molecule has 1 heterocycles. The molecule has 92 valence electrons. The highest BCUT2D eigenvalue weighted by atomic mass is 16.2. The fraction of sp³-hybridized carbons (Fsp3) is 0.533. The van der Waals surface area contributed by atoms with E-state index in [1.54, 1.807) is 0 Å². The summed E-state index contributed by atoms with van der Waals surface area (Å²) in [6.07, 6.45) is 3.55.